The van der Waals surface area contributed by atoms with E-state index in [4.69, 9.17) is 0 Å². The zero-order chi connectivity index (χ0) is 22.1. The summed E-state index contributed by atoms with van der Waals surface area (Å²) >= 11 is 0. The SMILES string of the molecule is CC(C)CC(C(=O)OCCC(F)(F)F)=C(CC(C)C)C(=O)OCCC(F)(F)F. The van der Waals surface area contributed by atoms with Crippen molar-refractivity contribution >= 4 is 11.9 Å². The monoisotopic (exact) mass is 420 g/mol. The molecule has 0 heterocycles. The van der Waals surface area contributed by atoms with Crippen LogP contribution in [0.15, 0.2) is 11.1 Å². The molecule has 0 unspecified atom stereocenters. The summed E-state index contributed by atoms with van der Waals surface area (Å²) in [5, 5.41) is 0. The van der Waals surface area contributed by atoms with Gasteiger partial charge in [-0.3, -0.25) is 0 Å². The Balaban J connectivity index is 5.51. The summed E-state index contributed by atoms with van der Waals surface area (Å²) in [6.45, 7) is 5.02. The van der Waals surface area contributed by atoms with Crippen molar-refractivity contribution in [2.45, 2.75) is 65.7 Å². The Morgan fingerprint density at radius 2 is 0.964 bits per heavy atom. The van der Waals surface area contributed by atoms with Crippen LogP contribution in [-0.2, 0) is 19.1 Å². The van der Waals surface area contributed by atoms with Crippen LogP contribution >= 0.6 is 0 Å². The molecule has 28 heavy (non-hydrogen) atoms. The standard InChI is InChI=1S/C18H26F6O4/c1-11(2)9-13(15(25)27-7-5-17(19,20)21)14(10-12(3)4)16(26)28-8-6-18(22,23)24/h11-12H,5-10H2,1-4H3. The van der Waals surface area contributed by atoms with E-state index in [1.165, 1.54) is 0 Å². The van der Waals surface area contributed by atoms with Crippen LogP contribution in [0, 0.1) is 11.8 Å². The van der Waals surface area contributed by atoms with Crippen LogP contribution in [0.25, 0.3) is 0 Å². The Morgan fingerprint density at radius 3 is 1.18 bits per heavy atom. The van der Waals surface area contributed by atoms with Crippen LogP contribution in [0.5, 0.6) is 0 Å². The second kappa shape index (κ2) is 11.3. The number of rotatable bonds is 10. The molecule has 0 bridgehead atoms. The predicted octanol–water partition coefficient (Wildman–Crippen LogP) is 5.37. The maximum Gasteiger partial charge on any atom is 0.392 e. The summed E-state index contributed by atoms with van der Waals surface area (Å²) in [5.74, 6) is -2.51. The van der Waals surface area contributed by atoms with Crippen molar-refractivity contribution in [1.82, 2.24) is 0 Å². The van der Waals surface area contributed by atoms with Crippen LogP contribution in [0.3, 0.4) is 0 Å². The van der Waals surface area contributed by atoms with E-state index < -0.39 is 50.3 Å². The molecule has 0 rings (SSSR count). The van der Waals surface area contributed by atoms with Gasteiger partial charge in [0.15, 0.2) is 0 Å². The van der Waals surface area contributed by atoms with Gasteiger partial charge in [0.25, 0.3) is 0 Å². The topological polar surface area (TPSA) is 52.6 Å². The largest absolute Gasteiger partial charge is 0.462 e. The Kier molecular flexibility index (Phi) is 10.6. The zero-order valence-corrected chi connectivity index (χ0v) is 16.3. The number of carbonyl (C=O) groups excluding carboxylic acids is 2. The lowest BCUT2D eigenvalue weighted by Crippen LogP contribution is -2.22. The summed E-state index contributed by atoms with van der Waals surface area (Å²) in [6, 6.07) is 0. The Bertz CT molecular complexity index is 499. The number of ether oxygens (including phenoxy) is 2. The van der Waals surface area contributed by atoms with Crippen LogP contribution in [0.4, 0.5) is 26.3 Å². The van der Waals surface area contributed by atoms with E-state index in [1.54, 1.807) is 27.7 Å². The fourth-order valence-corrected chi connectivity index (χ4v) is 2.17. The van der Waals surface area contributed by atoms with E-state index in [9.17, 15) is 35.9 Å². The zero-order valence-electron chi connectivity index (χ0n) is 16.3. The number of alkyl halides is 6. The van der Waals surface area contributed by atoms with E-state index in [0.29, 0.717) is 0 Å². The Morgan fingerprint density at radius 1 is 0.679 bits per heavy atom. The average molecular weight is 420 g/mol. The van der Waals surface area contributed by atoms with Crippen molar-refractivity contribution in [1.29, 1.82) is 0 Å². The second-order valence-corrected chi connectivity index (χ2v) is 7.16. The number of carbonyl (C=O) groups is 2. The third kappa shape index (κ3) is 12.6. The first-order chi connectivity index (χ1) is 12.6. The van der Waals surface area contributed by atoms with Crippen LogP contribution in [0.2, 0.25) is 0 Å². The van der Waals surface area contributed by atoms with Crippen molar-refractivity contribution in [2.75, 3.05) is 13.2 Å². The molecular weight excluding hydrogens is 394 g/mol. The second-order valence-electron chi connectivity index (χ2n) is 7.16. The van der Waals surface area contributed by atoms with Gasteiger partial charge in [-0.2, -0.15) is 26.3 Å². The van der Waals surface area contributed by atoms with Gasteiger partial charge in [-0.05, 0) is 24.7 Å². The molecule has 0 spiro atoms. The van der Waals surface area contributed by atoms with Gasteiger partial charge in [0.2, 0.25) is 0 Å². The van der Waals surface area contributed by atoms with E-state index >= 15 is 0 Å². The third-order valence-corrected chi connectivity index (χ3v) is 3.32. The highest BCUT2D eigenvalue weighted by molar-refractivity contribution is 6.00. The van der Waals surface area contributed by atoms with Crippen molar-refractivity contribution in [3.63, 3.8) is 0 Å². The van der Waals surface area contributed by atoms with Gasteiger partial charge in [0.05, 0.1) is 12.8 Å². The van der Waals surface area contributed by atoms with Gasteiger partial charge in [0.1, 0.15) is 13.2 Å². The van der Waals surface area contributed by atoms with Crippen molar-refractivity contribution < 1.29 is 45.4 Å². The minimum Gasteiger partial charge on any atom is -0.462 e. The molecule has 0 fully saturated rings. The van der Waals surface area contributed by atoms with Gasteiger partial charge in [-0.25, -0.2) is 9.59 Å². The highest BCUT2D eigenvalue weighted by Gasteiger charge is 2.31. The molecule has 0 atom stereocenters. The molecule has 0 N–H and O–H groups in total. The molecule has 0 aliphatic rings. The summed E-state index contributed by atoms with van der Waals surface area (Å²) in [7, 11) is 0. The number of hydrogen-bond acceptors (Lipinski definition) is 4. The first kappa shape index (κ1) is 26.3. The summed E-state index contributed by atoms with van der Waals surface area (Å²) in [6.07, 6.45) is -11.7. The molecule has 0 aromatic rings. The van der Waals surface area contributed by atoms with Crippen molar-refractivity contribution in [3.8, 4) is 0 Å². The summed E-state index contributed by atoms with van der Waals surface area (Å²) in [4.78, 5) is 24.6. The number of halogens is 6. The Hall–Kier alpha value is -1.74. The highest BCUT2D eigenvalue weighted by Crippen LogP contribution is 2.26. The van der Waals surface area contributed by atoms with E-state index in [2.05, 4.69) is 9.47 Å². The fraction of sp³-hybridized carbons (Fsp3) is 0.778. The van der Waals surface area contributed by atoms with Gasteiger partial charge in [0, 0.05) is 11.1 Å². The molecular formula is C18H26F6O4. The Labute approximate surface area is 160 Å². The first-order valence-electron chi connectivity index (χ1n) is 8.82. The van der Waals surface area contributed by atoms with Crippen LogP contribution < -0.4 is 0 Å². The molecule has 0 aliphatic carbocycles. The summed E-state index contributed by atoms with van der Waals surface area (Å²) < 4.78 is 82.8. The van der Waals surface area contributed by atoms with Crippen molar-refractivity contribution in [3.05, 3.63) is 11.1 Å². The summed E-state index contributed by atoms with van der Waals surface area (Å²) in [5.41, 5.74) is -0.328. The molecule has 4 nitrogen and oxygen atoms in total. The highest BCUT2D eigenvalue weighted by atomic mass is 19.4. The van der Waals surface area contributed by atoms with Gasteiger partial charge in [-0.15, -0.1) is 0 Å². The van der Waals surface area contributed by atoms with Crippen molar-refractivity contribution in [2.24, 2.45) is 11.8 Å². The van der Waals surface area contributed by atoms with E-state index in [1.807, 2.05) is 0 Å². The van der Waals surface area contributed by atoms with Gasteiger partial charge >= 0.3 is 24.3 Å². The lowest BCUT2D eigenvalue weighted by atomic mass is 9.92. The molecule has 0 saturated carbocycles. The quantitative estimate of drug-likeness (QED) is 0.271. The number of esters is 2. The molecule has 164 valence electrons. The molecule has 0 aromatic heterocycles. The average Bonchev–Trinajstić information content (AvgIpc) is 2.47. The van der Waals surface area contributed by atoms with Crippen LogP contribution in [0.1, 0.15) is 53.4 Å². The fourth-order valence-electron chi connectivity index (χ4n) is 2.17. The van der Waals surface area contributed by atoms with Crippen LogP contribution in [-0.4, -0.2) is 37.5 Å². The minimum absolute atomic E-state index is 0.0152. The molecule has 10 heteroatoms. The maximum absolute atomic E-state index is 12.3. The lowest BCUT2D eigenvalue weighted by molar-refractivity contribution is -0.159. The smallest absolute Gasteiger partial charge is 0.392 e. The van der Waals surface area contributed by atoms with Gasteiger partial charge in [-0.1, -0.05) is 27.7 Å². The predicted molar refractivity (Wildman–Crippen MR) is 89.2 cm³/mol. The minimum atomic E-state index is -4.51. The molecule has 0 radical (unpaired) electrons. The lowest BCUT2D eigenvalue weighted by Gasteiger charge is -2.18. The molecule has 0 aliphatic heterocycles. The first-order valence-corrected chi connectivity index (χ1v) is 8.82. The van der Waals surface area contributed by atoms with E-state index in [-0.39, 0.29) is 35.8 Å². The van der Waals surface area contributed by atoms with Gasteiger partial charge < -0.3 is 9.47 Å². The normalized spacial score (nSPS) is 13.6. The molecule has 0 aromatic carbocycles. The maximum atomic E-state index is 12.3. The molecule has 0 amide bonds. The number of hydrogen-bond donors (Lipinski definition) is 0. The third-order valence-electron chi connectivity index (χ3n) is 3.32. The van der Waals surface area contributed by atoms with E-state index in [0.717, 1.165) is 0 Å². The molecule has 0 saturated heterocycles.